The predicted molar refractivity (Wildman–Crippen MR) is 78.9 cm³/mol. The Bertz CT molecular complexity index is 585. The monoisotopic (exact) mass is 337 g/mol. The number of methoxy groups -OCH3 is 1. The Kier molecular flexibility index (Phi) is 6.63. The van der Waals surface area contributed by atoms with Crippen LogP contribution in [0.4, 0.5) is 0 Å². The van der Waals surface area contributed by atoms with E-state index in [1.807, 2.05) is 6.92 Å². The molecule has 0 fully saturated rings. The van der Waals surface area contributed by atoms with Gasteiger partial charge >= 0.3 is 0 Å². The summed E-state index contributed by atoms with van der Waals surface area (Å²) in [4.78, 5) is 16.0. The maximum atomic E-state index is 12.1. The highest BCUT2D eigenvalue weighted by Gasteiger charge is 2.22. The zero-order valence-corrected chi connectivity index (χ0v) is 13.9. The van der Waals surface area contributed by atoms with E-state index in [2.05, 4.69) is 10.3 Å². The smallest absolute Gasteiger partial charge is 0.280 e. The van der Waals surface area contributed by atoms with Gasteiger partial charge < -0.3 is 14.6 Å². The summed E-state index contributed by atoms with van der Waals surface area (Å²) in [6.07, 6.45) is 2.50. The van der Waals surface area contributed by atoms with Crippen molar-refractivity contribution in [1.29, 1.82) is 0 Å². The zero-order valence-electron chi connectivity index (χ0n) is 12.3. The average molecular weight is 338 g/mol. The summed E-state index contributed by atoms with van der Waals surface area (Å²) in [5.74, 6) is 0.283. The number of carbonyl (C=O) groups is 1. The Hall–Kier alpha value is -1.12. The molecule has 21 heavy (non-hydrogen) atoms. The minimum atomic E-state index is -3.91. The molecule has 0 bridgehead atoms. The molecule has 1 aromatic heterocycles. The predicted octanol–water partition coefficient (Wildman–Crippen LogP) is 1.09. The lowest BCUT2D eigenvalue weighted by Gasteiger charge is -2.15. The molecule has 1 atom stereocenters. The summed E-state index contributed by atoms with van der Waals surface area (Å²) < 4.78 is 29.1. The molecular weight excluding hydrogens is 318 g/mol. The van der Waals surface area contributed by atoms with Crippen molar-refractivity contribution in [2.24, 2.45) is 0 Å². The zero-order chi connectivity index (χ0) is 16.0. The Morgan fingerprint density at radius 3 is 2.76 bits per heavy atom. The number of aryl methyl sites for hydroxylation is 1. The van der Waals surface area contributed by atoms with Crippen LogP contribution >= 0.6 is 10.7 Å². The normalized spacial score (nSPS) is 13.1. The first kappa shape index (κ1) is 17.9. The molecule has 120 valence electrons. The Balaban J connectivity index is 2.83. The van der Waals surface area contributed by atoms with Crippen molar-refractivity contribution in [3.8, 4) is 0 Å². The Morgan fingerprint density at radius 2 is 2.24 bits per heavy atom. The number of rotatable bonds is 8. The van der Waals surface area contributed by atoms with E-state index in [1.54, 1.807) is 14.0 Å². The first-order valence-corrected chi connectivity index (χ1v) is 8.91. The Morgan fingerprint density at radius 1 is 1.57 bits per heavy atom. The molecule has 1 amide bonds. The number of nitrogens with one attached hydrogen (secondary N) is 1. The number of nitrogens with zero attached hydrogens (tertiary/aromatic N) is 2. The molecule has 1 rings (SSSR count). The molecule has 7 nitrogen and oxygen atoms in total. The van der Waals surface area contributed by atoms with Crippen molar-refractivity contribution in [2.45, 2.75) is 37.8 Å². The first-order chi connectivity index (χ1) is 9.81. The number of aromatic nitrogens is 2. The maximum Gasteiger partial charge on any atom is 0.280 e. The number of hydrogen-bond acceptors (Lipinski definition) is 5. The van der Waals surface area contributed by atoms with Gasteiger partial charge in [0.2, 0.25) is 5.91 Å². The van der Waals surface area contributed by atoms with E-state index in [1.165, 1.54) is 10.8 Å². The van der Waals surface area contributed by atoms with Gasteiger partial charge in [0.05, 0.1) is 0 Å². The van der Waals surface area contributed by atoms with Crippen LogP contribution in [0.25, 0.3) is 0 Å². The van der Waals surface area contributed by atoms with Crippen LogP contribution in [0.3, 0.4) is 0 Å². The van der Waals surface area contributed by atoms with Crippen molar-refractivity contribution < 1.29 is 17.9 Å². The lowest BCUT2D eigenvalue weighted by atomic mass is 10.3. The summed E-state index contributed by atoms with van der Waals surface area (Å²) in [6, 6.07) is -0.567. The molecule has 0 aliphatic carbocycles. The molecule has 9 heteroatoms. The standard InChI is InChI=1S/C12H20ClN3O4S/c1-4-10-15-11(21(13,18)19)8-16(10)9(2)12(17)14-6-5-7-20-3/h8-9H,4-7H2,1-3H3,(H,14,17). The third kappa shape index (κ3) is 4.98. The number of carbonyl (C=O) groups excluding carboxylic acids is 1. The summed E-state index contributed by atoms with van der Waals surface area (Å²) in [6.45, 7) is 4.56. The van der Waals surface area contributed by atoms with E-state index in [9.17, 15) is 13.2 Å². The Labute approximate surface area is 129 Å². The third-order valence-corrected chi connectivity index (χ3v) is 4.14. The van der Waals surface area contributed by atoms with Crippen molar-refractivity contribution in [3.05, 3.63) is 12.0 Å². The number of hydrogen-bond donors (Lipinski definition) is 1. The van der Waals surface area contributed by atoms with E-state index in [0.717, 1.165) is 0 Å². The van der Waals surface area contributed by atoms with Gasteiger partial charge in [0.1, 0.15) is 11.9 Å². The second-order valence-electron chi connectivity index (χ2n) is 4.51. The van der Waals surface area contributed by atoms with Crippen LogP contribution in [-0.4, -0.2) is 44.1 Å². The lowest BCUT2D eigenvalue weighted by molar-refractivity contribution is -0.123. The molecule has 0 saturated heterocycles. The van der Waals surface area contributed by atoms with Crippen LogP contribution in [0, 0.1) is 0 Å². The van der Waals surface area contributed by atoms with Gasteiger partial charge in [-0.25, -0.2) is 13.4 Å². The largest absolute Gasteiger partial charge is 0.385 e. The minimum absolute atomic E-state index is 0.211. The fourth-order valence-electron chi connectivity index (χ4n) is 1.82. The van der Waals surface area contributed by atoms with Crippen LogP contribution < -0.4 is 5.32 Å². The van der Waals surface area contributed by atoms with E-state index in [-0.39, 0.29) is 10.9 Å². The molecule has 1 unspecified atom stereocenters. The number of ether oxygens (including phenoxy) is 1. The van der Waals surface area contributed by atoms with Gasteiger partial charge in [0.25, 0.3) is 9.05 Å². The molecule has 1 aromatic rings. The van der Waals surface area contributed by atoms with Gasteiger partial charge in [-0.3, -0.25) is 4.79 Å². The van der Waals surface area contributed by atoms with Crippen molar-refractivity contribution in [2.75, 3.05) is 20.3 Å². The van der Waals surface area contributed by atoms with E-state index >= 15 is 0 Å². The fraction of sp³-hybridized carbons (Fsp3) is 0.667. The van der Waals surface area contributed by atoms with Crippen molar-refractivity contribution >= 4 is 25.6 Å². The van der Waals surface area contributed by atoms with Gasteiger partial charge in [-0.2, -0.15) is 0 Å². The highest BCUT2D eigenvalue weighted by atomic mass is 35.7. The summed E-state index contributed by atoms with van der Waals surface area (Å²) in [5, 5.41) is 2.53. The van der Waals surface area contributed by atoms with Crippen LogP contribution in [-0.2, 0) is 25.0 Å². The van der Waals surface area contributed by atoms with Crippen LogP contribution in [0.15, 0.2) is 11.2 Å². The van der Waals surface area contributed by atoms with Gasteiger partial charge in [0, 0.05) is 43.6 Å². The van der Waals surface area contributed by atoms with E-state index < -0.39 is 15.1 Å². The summed E-state index contributed by atoms with van der Waals surface area (Å²) in [5.41, 5.74) is 0. The second-order valence-corrected chi connectivity index (χ2v) is 7.02. The maximum absolute atomic E-state index is 12.1. The molecule has 0 aromatic carbocycles. The molecule has 0 aliphatic heterocycles. The summed E-state index contributed by atoms with van der Waals surface area (Å²) >= 11 is 0. The molecule has 0 aliphatic rings. The van der Waals surface area contributed by atoms with Crippen LogP contribution in [0.1, 0.15) is 32.1 Å². The molecular formula is C12H20ClN3O4S. The van der Waals surface area contributed by atoms with E-state index in [4.69, 9.17) is 15.4 Å². The molecule has 1 N–H and O–H groups in total. The van der Waals surface area contributed by atoms with Gasteiger partial charge in [-0.05, 0) is 13.3 Å². The van der Waals surface area contributed by atoms with Gasteiger partial charge in [0.15, 0.2) is 5.03 Å². The van der Waals surface area contributed by atoms with E-state index in [0.29, 0.717) is 31.8 Å². The van der Waals surface area contributed by atoms with Gasteiger partial charge in [-0.1, -0.05) is 6.92 Å². The average Bonchev–Trinajstić information content (AvgIpc) is 2.86. The van der Waals surface area contributed by atoms with Crippen LogP contribution in [0.2, 0.25) is 0 Å². The van der Waals surface area contributed by atoms with Gasteiger partial charge in [-0.15, -0.1) is 0 Å². The van der Waals surface area contributed by atoms with Crippen LogP contribution in [0.5, 0.6) is 0 Å². The highest BCUT2D eigenvalue weighted by molar-refractivity contribution is 8.13. The number of halogens is 1. The number of amides is 1. The molecule has 1 heterocycles. The first-order valence-electron chi connectivity index (χ1n) is 6.60. The molecule has 0 saturated carbocycles. The fourth-order valence-corrected chi connectivity index (χ4v) is 2.50. The molecule has 0 radical (unpaired) electrons. The van der Waals surface area contributed by atoms with Crippen molar-refractivity contribution in [3.63, 3.8) is 0 Å². The second kappa shape index (κ2) is 7.77. The topological polar surface area (TPSA) is 90.3 Å². The highest BCUT2D eigenvalue weighted by Crippen LogP contribution is 2.19. The number of imidazole rings is 1. The van der Waals surface area contributed by atoms with Crippen molar-refractivity contribution in [1.82, 2.24) is 14.9 Å². The third-order valence-electron chi connectivity index (χ3n) is 2.97. The quantitative estimate of drug-likeness (QED) is 0.566. The summed E-state index contributed by atoms with van der Waals surface area (Å²) in [7, 11) is 2.97. The molecule has 0 spiro atoms. The minimum Gasteiger partial charge on any atom is -0.385 e. The lowest BCUT2D eigenvalue weighted by Crippen LogP contribution is -2.32. The SMILES string of the molecule is CCc1nc(S(=O)(=O)Cl)cn1C(C)C(=O)NCCCOC.